The Morgan fingerprint density at radius 3 is 2.48 bits per heavy atom. The van der Waals surface area contributed by atoms with E-state index in [1.54, 1.807) is 31.2 Å². The lowest BCUT2D eigenvalue weighted by Gasteiger charge is -2.25. The summed E-state index contributed by atoms with van der Waals surface area (Å²) in [6.45, 7) is 6.19. The van der Waals surface area contributed by atoms with Gasteiger partial charge in [-0.1, -0.05) is 36.4 Å². The minimum absolute atomic E-state index is 0.127. The third kappa shape index (κ3) is 7.02. The highest BCUT2D eigenvalue weighted by Crippen LogP contribution is 2.25. The molecule has 2 N–H and O–H groups in total. The molecule has 1 aliphatic heterocycles. The maximum atomic E-state index is 13.4. The van der Waals surface area contributed by atoms with E-state index in [1.807, 2.05) is 42.2 Å². The Balaban J connectivity index is 1.70. The summed E-state index contributed by atoms with van der Waals surface area (Å²) in [7, 11) is 0. The lowest BCUT2D eigenvalue weighted by Crippen LogP contribution is -2.38. The highest BCUT2D eigenvalue weighted by Gasteiger charge is 2.30. The van der Waals surface area contributed by atoms with E-state index in [1.165, 1.54) is 0 Å². The van der Waals surface area contributed by atoms with E-state index >= 15 is 0 Å². The van der Waals surface area contributed by atoms with Crippen molar-refractivity contribution >= 4 is 17.7 Å². The van der Waals surface area contributed by atoms with Gasteiger partial charge in [-0.3, -0.25) is 4.79 Å². The summed E-state index contributed by atoms with van der Waals surface area (Å²) in [5.41, 5.74) is 1.89. The molecular weight excluding hydrogens is 422 g/mol. The number of rotatable bonds is 10. The number of nitrogens with zero attached hydrogens (tertiary/aromatic N) is 2. The van der Waals surface area contributed by atoms with E-state index in [0.29, 0.717) is 37.6 Å². The van der Waals surface area contributed by atoms with Gasteiger partial charge in [-0.25, -0.2) is 15.6 Å². The zero-order chi connectivity index (χ0) is 23.7. The van der Waals surface area contributed by atoms with Crippen molar-refractivity contribution < 1.29 is 23.8 Å². The van der Waals surface area contributed by atoms with Crippen molar-refractivity contribution in [2.24, 2.45) is 5.84 Å². The number of unbranched alkanes of at least 4 members (excludes halogenated alkanes) is 1. The molecule has 1 heterocycles. The maximum absolute atomic E-state index is 13.4. The van der Waals surface area contributed by atoms with Crippen LogP contribution in [0.4, 0.5) is 10.5 Å². The number of amides is 2. The number of anilines is 1. The van der Waals surface area contributed by atoms with Gasteiger partial charge in [0.25, 0.3) is 5.91 Å². The smallest absolute Gasteiger partial charge is 0.428 e. The van der Waals surface area contributed by atoms with Crippen molar-refractivity contribution in [3.8, 4) is 0 Å². The number of hydrazine groups is 1. The molecule has 0 spiro atoms. The van der Waals surface area contributed by atoms with E-state index < -0.39 is 11.9 Å². The summed E-state index contributed by atoms with van der Waals surface area (Å²) < 4.78 is 16.3. The molecule has 0 aliphatic carbocycles. The number of nitrogens with two attached hydrogens (primary N) is 1. The van der Waals surface area contributed by atoms with E-state index in [4.69, 9.17) is 20.1 Å². The Bertz CT molecular complexity index is 915. The summed E-state index contributed by atoms with van der Waals surface area (Å²) in [5.74, 6) is 5.22. The van der Waals surface area contributed by atoms with Crippen LogP contribution in [0.25, 0.3) is 0 Å². The number of hydrogen-bond acceptors (Lipinski definition) is 6. The van der Waals surface area contributed by atoms with Crippen molar-refractivity contribution in [3.63, 3.8) is 0 Å². The van der Waals surface area contributed by atoms with Gasteiger partial charge in [0.05, 0.1) is 25.5 Å². The minimum atomic E-state index is -0.673. The first-order chi connectivity index (χ1) is 15.9. The van der Waals surface area contributed by atoms with Crippen molar-refractivity contribution in [1.82, 2.24) is 4.90 Å². The zero-order valence-electron chi connectivity index (χ0n) is 19.4. The van der Waals surface area contributed by atoms with Gasteiger partial charge in [-0.05, 0) is 50.5 Å². The van der Waals surface area contributed by atoms with Crippen molar-refractivity contribution in [2.75, 3.05) is 31.4 Å². The molecule has 33 heavy (non-hydrogen) atoms. The first-order valence-corrected chi connectivity index (χ1v) is 11.3. The minimum Gasteiger partial charge on any atom is -0.449 e. The second kappa shape index (κ2) is 11.8. The molecule has 3 rings (SSSR count). The topological polar surface area (TPSA) is 94.3 Å². The lowest BCUT2D eigenvalue weighted by molar-refractivity contribution is -0.147. The van der Waals surface area contributed by atoms with E-state index in [2.05, 4.69) is 0 Å². The van der Waals surface area contributed by atoms with Crippen LogP contribution in [-0.2, 0) is 20.8 Å². The first-order valence-electron chi connectivity index (χ1n) is 11.3. The fourth-order valence-corrected chi connectivity index (χ4v) is 3.78. The average molecular weight is 456 g/mol. The zero-order valence-corrected chi connectivity index (χ0v) is 19.4. The quantitative estimate of drug-likeness (QED) is 0.251. The Kier molecular flexibility index (Phi) is 8.82. The molecule has 2 amide bonds. The molecule has 0 radical (unpaired) electrons. The molecule has 0 unspecified atom stereocenters. The molecule has 1 saturated heterocycles. The standard InChI is InChI=1S/C25H33N3O5/c1-3-31-24(30)28(26)22-13-9-12-21(18-22)23(29)27(19-20-10-5-4-6-11-20)15-8-7-14-25(2)32-16-17-33-25/h4-6,9-13,18H,3,7-8,14-17,19,26H2,1-2H3. The number of ether oxygens (including phenoxy) is 3. The predicted octanol–water partition coefficient (Wildman–Crippen LogP) is 4.10. The van der Waals surface area contributed by atoms with Gasteiger partial charge in [0, 0.05) is 25.1 Å². The van der Waals surface area contributed by atoms with E-state index in [0.717, 1.165) is 29.8 Å². The maximum Gasteiger partial charge on any atom is 0.428 e. The van der Waals surface area contributed by atoms with Crippen LogP contribution < -0.4 is 10.9 Å². The van der Waals surface area contributed by atoms with Gasteiger partial charge in [-0.2, -0.15) is 0 Å². The fourth-order valence-electron chi connectivity index (χ4n) is 3.78. The molecule has 8 heteroatoms. The van der Waals surface area contributed by atoms with Gasteiger partial charge in [0.1, 0.15) is 0 Å². The van der Waals surface area contributed by atoms with Crippen molar-refractivity contribution in [3.05, 3.63) is 65.7 Å². The molecule has 0 atom stereocenters. The third-order valence-corrected chi connectivity index (χ3v) is 5.55. The molecule has 0 aromatic heterocycles. The largest absolute Gasteiger partial charge is 0.449 e. The highest BCUT2D eigenvalue weighted by atomic mass is 16.7. The normalized spacial score (nSPS) is 14.6. The highest BCUT2D eigenvalue weighted by molar-refractivity contribution is 5.96. The summed E-state index contributed by atoms with van der Waals surface area (Å²) in [5, 5.41) is 0.907. The second-order valence-corrected chi connectivity index (χ2v) is 8.12. The van der Waals surface area contributed by atoms with Gasteiger partial charge < -0.3 is 19.1 Å². The Labute approximate surface area is 195 Å². The summed E-state index contributed by atoms with van der Waals surface area (Å²) in [6, 6.07) is 16.6. The molecule has 2 aromatic carbocycles. The van der Waals surface area contributed by atoms with Crippen LogP contribution in [0, 0.1) is 0 Å². The van der Waals surface area contributed by atoms with E-state index in [-0.39, 0.29) is 12.5 Å². The molecule has 1 aliphatic rings. The van der Waals surface area contributed by atoms with Crippen LogP contribution in [0.15, 0.2) is 54.6 Å². The van der Waals surface area contributed by atoms with Crippen LogP contribution in [0.1, 0.15) is 49.0 Å². The molecule has 178 valence electrons. The molecule has 1 fully saturated rings. The second-order valence-electron chi connectivity index (χ2n) is 8.12. The lowest BCUT2D eigenvalue weighted by atomic mass is 10.1. The molecule has 2 aromatic rings. The SMILES string of the molecule is CCOC(=O)N(N)c1cccc(C(=O)N(CCCCC2(C)OCCO2)Cc2ccccc2)c1. The molecular formula is C25H33N3O5. The van der Waals surface area contributed by atoms with Gasteiger partial charge in [-0.15, -0.1) is 0 Å². The Hall–Kier alpha value is -2.94. The number of carbonyl (C=O) groups excluding carboxylic acids is 2. The van der Waals surface area contributed by atoms with Gasteiger partial charge in [0.15, 0.2) is 5.79 Å². The average Bonchev–Trinajstić information content (AvgIpc) is 3.27. The third-order valence-electron chi connectivity index (χ3n) is 5.55. The summed E-state index contributed by atoms with van der Waals surface area (Å²) in [6.07, 6.45) is 1.78. The van der Waals surface area contributed by atoms with Crippen LogP contribution in [0.5, 0.6) is 0 Å². The molecule has 0 saturated carbocycles. The van der Waals surface area contributed by atoms with Crippen molar-refractivity contribution in [2.45, 2.75) is 45.4 Å². The van der Waals surface area contributed by atoms with Crippen LogP contribution in [0.2, 0.25) is 0 Å². The summed E-state index contributed by atoms with van der Waals surface area (Å²) in [4.78, 5) is 27.2. The monoisotopic (exact) mass is 455 g/mol. The molecule has 8 nitrogen and oxygen atoms in total. The van der Waals surface area contributed by atoms with Gasteiger partial charge >= 0.3 is 6.09 Å². The number of carbonyl (C=O) groups is 2. The fraction of sp³-hybridized carbons (Fsp3) is 0.440. The van der Waals surface area contributed by atoms with Crippen molar-refractivity contribution in [1.29, 1.82) is 0 Å². The van der Waals surface area contributed by atoms with Crippen LogP contribution in [-0.4, -0.2) is 49.1 Å². The first kappa shape index (κ1) is 24.7. The predicted molar refractivity (Wildman–Crippen MR) is 125 cm³/mol. The van der Waals surface area contributed by atoms with Crippen LogP contribution in [0.3, 0.4) is 0 Å². The van der Waals surface area contributed by atoms with E-state index in [9.17, 15) is 9.59 Å². The van der Waals surface area contributed by atoms with Crippen LogP contribution >= 0.6 is 0 Å². The number of hydrogen-bond donors (Lipinski definition) is 1. The Morgan fingerprint density at radius 2 is 1.79 bits per heavy atom. The van der Waals surface area contributed by atoms with Gasteiger partial charge in [0.2, 0.25) is 0 Å². The summed E-state index contributed by atoms with van der Waals surface area (Å²) >= 11 is 0. The number of benzene rings is 2. The Morgan fingerprint density at radius 1 is 1.06 bits per heavy atom. The molecule has 0 bridgehead atoms.